The maximum atomic E-state index is 11.9. The van der Waals surface area contributed by atoms with E-state index in [2.05, 4.69) is 22.1 Å². The molecule has 1 atom stereocenters. The molecule has 0 fully saturated rings. The van der Waals surface area contributed by atoms with Crippen LogP contribution < -0.4 is 5.32 Å². The van der Waals surface area contributed by atoms with E-state index in [0.29, 0.717) is 12.2 Å². The highest BCUT2D eigenvalue weighted by Crippen LogP contribution is 2.13. The molecule has 0 aromatic carbocycles. The molecule has 1 rings (SSSR count). The van der Waals surface area contributed by atoms with Gasteiger partial charge in [-0.1, -0.05) is 32.6 Å². The smallest absolute Gasteiger partial charge is 0.228 e. The molecule has 0 bridgehead atoms. The van der Waals surface area contributed by atoms with E-state index >= 15 is 0 Å². The Morgan fingerprint density at radius 3 is 2.84 bits per heavy atom. The number of anilines is 1. The number of carbonyl (C=O) groups excluding carboxylic acids is 1. The van der Waals surface area contributed by atoms with Gasteiger partial charge in [-0.3, -0.25) is 4.79 Å². The molecular weight excluding hydrogens is 240 g/mol. The first-order valence-electron chi connectivity index (χ1n) is 6.41. The molecule has 4 nitrogen and oxygen atoms in total. The zero-order valence-corrected chi connectivity index (χ0v) is 11.6. The quantitative estimate of drug-likeness (QED) is 0.814. The minimum Gasteiger partial charge on any atom is -0.395 e. The third kappa shape index (κ3) is 5.11. The second-order valence-electron chi connectivity index (χ2n) is 4.73. The zero-order chi connectivity index (χ0) is 14.3. The minimum absolute atomic E-state index is 0.0389. The first kappa shape index (κ1) is 15.2. The third-order valence-corrected chi connectivity index (χ3v) is 2.89. The van der Waals surface area contributed by atoms with Crippen LogP contribution in [0, 0.1) is 23.7 Å². The molecule has 0 spiro atoms. The molecule has 1 amide bonds. The molecule has 2 N–H and O–H groups in total. The molecule has 102 valence electrons. The van der Waals surface area contributed by atoms with Crippen LogP contribution in [0.5, 0.6) is 0 Å². The molecule has 0 aliphatic heterocycles. The lowest BCUT2D eigenvalue weighted by Gasteiger charge is -2.14. The topological polar surface area (TPSA) is 62.2 Å². The maximum absolute atomic E-state index is 11.9. The molecule has 0 radical (unpaired) electrons. The van der Waals surface area contributed by atoms with Gasteiger partial charge in [-0.05, 0) is 18.1 Å². The number of hydrogen-bond donors (Lipinski definition) is 2. The number of aliphatic hydroxyl groups excluding tert-OH is 1. The third-order valence-electron chi connectivity index (χ3n) is 2.89. The number of pyridine rings is 1. The monoisotopic (exact) mass is 260 g/mol. The van der Waals surface area contributed by atoms with Crippen LogP contribution in [0.15, 0.2) is 18.3 Å². The maximum Gasteiger partial charge on any atom is 0.228 e. The highest BCUT2D eigenvalue weighted by atomic mass is 16.2. The number of nitrogens with one attached hydrogen (secondary N) is 1. The summed E-state index contributed by atoms with van der Waals surface area (Å²) in [6.45, 7) is 5.96. The Hall–Kier alpha value is -1.86. The van der Waals surface area contributed by atoms with Crippen LogP contribution in [0.25, 0.3) is 0 Å². The largest absolute Gasteiger partial charge is 0.395 e. The molecule has 19 heavy (non-hydrogen) atoms. The van der Waals surface area contributed by atoms with E-state index in [4.69, 9.17) is 5.11 Å². The first-order valence-corrected chi connectivity index (χ1v) is 6.41. The molecule has 1 heterocycles. The van der Waals surface area contributed by atoms with Crippen molar-refractivity contribution in [3.8, 4) is 11.8 Å². The van der Waals surface area contributed by atoms with Crippen molar-refractivity contribution in [2.45, 2.75) is 27.2 Å². The number of hydrogen-bond acceptors (Lipinski definition) is 3. The van der Waals surface area contributed by atoms with Gasteiger partial charge in [-0.15, -0.1) is 0 Å². The standard InChI is InChI=1S/C15H20N2O2/c1-11(2)12(3)15(19)17-14-10-13(7-8-16-14)6-4-5-9-18/h7-8,10-12,18H,5,9H2,1-3H3,(H,16,17,19). The van der Waals surface area contributed by atoms with Crippen LogP contribution in [0.1, 0.15) is 32.8 Å². The lowest BCUT2D eigenvalue weighted by molar-refractivity contribution is -0.120. The molecule has 0 aliphatic carbocycles. The Labute approximate surface area is 114 Å². The fourth-order valence-electron chi connectivity index (χ4n) is 1.34. The zero-order valence-electron chi connectivity index (χ0n) is 11.6. The van der Waals surface area contributed by atoms with Crippen LogP contribution in [0.3, 0.4) is 0 Å². The van der Waals surface area contributed by atoms with Crippen molar-refractivity contribution in [2.75, 3.05) is 11.9 Å². The highest BCUT2D eigenvalue weighted by molar-refractivity contribution is 5.91. The summed E-state index contributed by atoms with van der Waals surface area (Å²) in [5, 5.41) is 11.4. The van der Waals surface area contributed by atoms with Crippen LogP contribution in [-0.2, 0) is 4.79 Å². The van der Waals surface area contributed by atoms with E-state index in [1.54, 1.807) is 18.3 Å². The second-order valence-corrected chi connectivity index (χ2v) is 4.73. The van der Waals surface area contributed by atoms with Gasteiger partial charge in [0.05, 0.1) is 6.61 Å². The first-order chi connectivity index (χ1) is 9.04. The Balaban J connectivity index is 2.73. The van der Waals surface area contributed by atoms with Crippen molar-refractivity contribution in [3.63, 3.8) is 0 Å². The van der Waals surface area contributed by atoms with Gasteiger partial charge in [-0.25, -0.2) is 4.98 Å². The normalized spacial score (nSPS) is 11.6. The summed E-state index contributed by atoms with van der Waals surface area (Å²) < 4.78 is 0. The summed E-state index contributed by atoms with van der Waals surface area (Å²) in [4.78, 5) is 16.0. The molecule has 0 aliphatic rings. The number of aliphatic hydroxyl groups is 1. The summed E-state index contributed by atoms with van der Waals surface area (Å²) in [5.41, 5.74) is 0.774. The number of aromatic nitrogens is 1. The lowest BCUT2D eigenvalue weighted by Crippen LogP contribution is -2.24. The van der Waals surface area contributed by atoms with Crippen molar-refractivity contribution in [1.29, 1.82) is 0 Å². The average Bonchev–Trinajstić information content (AvgIpc) is 2.38. The van der Waals surface area contributed by atoms with E-state index in [-0.39, 0.29) is 24.3 Å². The SMILES string of the molecule is CC(C)C(C)C(=O)Nc1cc(C#CCCO)ccn1. The Morgan fingerprint density at radius 2 is 2.21 bits per heavy atom. The molecule has 0 saturated heterocycles. The molecule has 0 saturated carbocycles. The lowest BCUT2D eigenvalue weighted by atomic mass is 9.97. The van der Waals surface area contributed by atoms with Crippen LogP contribution in [0.2, 0.25) is 0 Å². The van der Waals surface area contributed by atoms with Gasteiger partial charge in [0, 0.05) is 24.1 Å². The predicted molar refractivity (Wildman–Crippen MR) is 75.4 cm³/mol. The van der Waals surface area contributed by atoms with Gasteiger partial charge >= 0.3 is 0 Å². The number of nitrogens with zero attached hydrogens (tertiary/aromatic N) is 1. The number of amides is 1. The Bertz CT molecular complexity index is 486. The van der Waals surface area contributed by atoms with Crippen LogP contribution >= 0.6 is 0 Å². The molecule has 1 aromatic rings. The van der Waals surface area contributed by atoms with Gasteiger partial charge in [0.25, 0.3) is 0 Å². The van der Waals surface area contributed by atoms with E-state index in [0.717, 1.165) is 5.56 Å². The fraction of sp³-hybridized carbons (Fsp3) is 0.467. The fourth-order valence-corrected chi connectivity index (χ4v) is 1.34. The summed E-state index contributed by atoms with van der Waals surface area (Å²) in [7, 11) is 0. The van der Waals surface area contributed by atoms with Gasteiger partial charge in [0.2, 0.25) is 5.91 Å². The number of carbonyl (C=O) groups is 1. The summed E-state index contributed by atoms with van der Waals surface area (Å²) in [6, 6.07) is 3.50. The van der Waals surface area contributed by atoms with Gasteiger partial charge in [0.15, 0.2) is 0 Å². The van der Waals surface area contributed by atoms with E-state index in [1.807, 2.05) is 20.8 Å². The van der Waals surface area contributed by atoms with Gasteiger partial charge < -0.3 is 10.4 Å². The minimum atomic E-state index is -0.0640. The van der Waals surface area contributed by atoms with Gasteiger partial charge in [0.1, 0.15) is 5.82 Å². The van der Waals surface area contributed by atoms with Crippen molar-refractivity contribution in [2.24, 2.45) is 11.8 Å². The van der Waals surface area contributed by atoms with Crippen molar-refractivity contribution in [3.05, 3.63) is 23.9 Å². The Kier molecular flexibility index (Phi) is 6.04. The molecule has 1 aromatic heterocycles. The Morgan fingerprint density at radius 1 is 1.47 bits per heavy atom. The summed E-state index contributed by atoms with van der Waals surface area (Å²) in [5.74, 6) is 6.43. The summed E-state index contributed by atoms with van der Waals surface area (Å²) in [6.07, 6.45) is 2.05. The average molecular weight is 260 g/mol. The van der Waals surface area contributed by atoms with E-state index in [9.17, 15) is 4.79 Å². The van der Waals surface area contributed by atoms with E-state index < -0.39 is 0 Å². The van der Waals surface area contributed by atoms with Gasteiger partial charge in [-0.2, -0.15) is 0 Å². The van der Waals surface area contributed by atoms with E-state index in [1.165, 1.54) is 0 Å². The van der Waals surface area contributed by atoms with Crippen molar-refractivity contribution >= 4 is 11.7 Å². The predicted octanol–water partition coefficient (Wildman–Crippen LogP) is 2.05. The molecular formula is C15H20N2O2. The van der Waals surface area contributed by atoms with Crippen molar-refractivity contribution < 1.29 is 9.90 Å². The molecule has 1 unspecified atom stereocenters. The van der Waals surface area contributed by atoms with Crippen molar-refractivity contribution in [1.82, 2.24) is 4.98 Å². The summed E-state index contributed by atoms with van der Waals surface area (Å²) >= 11 is 0. The molecule has 4 heteroatoms. The number of rotatable bonds is 4. The second kappa shape index (κ2) is 7.55. The van der Waals surface area contributed by atoms with Crippen LogP contribution in [0.4, 0.5) is 5.82 Å². The van der Waals surface area contributed by atoms with Crippen LogP contribution in [-0.4, -0.2) is 22.6 Å². The highest BCUT2D eigenvalue weighted by Gasteiger charge is 2.16.